The number of piperidine rings is 1. The van der Waals surface area contributed by atoms with Crippen LogP contribution in [0.5, 0.6) is 0 Å². The van der Waals surface area contributed by atoms with Crippen molar-refractivity contribution in [2.75, 3.05) is 20.1 Å². The summed E-state index contributed by atoms with van der Waals surface area (Å²) in [6.45, 7) is 2.72. The Morgan fingerprint density at radius 3 is 3.06 bits per heavy atom. The molecule has 1 unspecified atom stereocenters. The number of rotatable bonds is 2. The molecule has 1 fully saturated rings. The van der Waals surface area contributed by atoms with Crippen molar-refractivity contribution < 1.29 is 0 Å². The normalized spacial score (nSPS) is 21.5. The summed E-state index contributed by atoms with van der Waals surface area (Å²) in [5.74, 6) is 1.30. The van der Waals surface area contributed by atoms with Crippen LogP contribution >= 0.6 is 12.4 Å². The highest BCUT2D eigenvalue weighted by Crippen LogP contribution is 2.24. The lowest BCUT2D eigenvalue weighted by molar-refractivity contribution is 0.248. The average molecular weight is 243 g/mol. The van der Waals surface area contributed by atoms with Gasteiger partial charge < -0.3 is 10.6 Å². The van der Waals surface area contributed by atoms with E-state index >= 15 is 0 Å². The first-order chi connectivity index (χ1) is 7.29. The molecule has 1 aliphatic heterocycles. The molecule has 0 aromatic carbocycles. The SMILES string of the molecule is CN1CCCC(c2ccnc(CN)n2)C1.Cl. The fourth-order valence-electron chi connectivity index (χ4n) is 2.15. The minimum atomic E-state index is 0. The Labute approximate surface area is 103 Å². The topological polar surface area (TPSA) is 55.0 Å². The molecule has 1 saturated heterocycles. The van der Waals surface area contributed by atoms with Crippen LogP contribution in [0.15, 0.2) is 12.3 Å². The van der Waals surface area contributed by atoms with Crippen molar-refractivity contribution in [1.29, 1.82) is 0 Å². The molecular weight excluding hydrogens is 224 g/mol. The summed E-state index contributed by atoms with van der Waals surface area (Å²) in [4.78, 5) is 11.0. The highest BCUT2D eigenvalue weighted by atomic mass is 35.5. The maximum atomic E-state index is 5.54. The zero-order valence-corrected chi connectivity index (χ0v) is 10.4. The highest BCUT2D eigenvalue weighted by Gasteiger charge is 2.20. The Bertz CT molecular complexity index is 332. The predicted molar refractivity (Wildman–Crippen MR) is 66.6 cm³/mol. The maximum absolute atomic E-state index is 5.54. The summed E-state index contributed by atoms with van der Waals surface area (Å²) >= 11 is 0. The maximum Gasteiger partial charge on any atom is 0.142 e. The summed E-state index contributed by atoms with van der Waals surface area (Å²) in [6, 6.07) is 2.02. The van der Waals surface area contributed by atoms with Crippen LogP contribution in [0.4, 0.5) is 0 Å². The van der Waals surface area contributed by atoms with E-state index in [4.69, 9.17) is 5.73 Å². The Morgan fingerprint density at radius 1 is 1.56 bits per heavy atom. The number of nitrogens with zero attached hydrogens (tertiary/aromatic N) is 3. The number of nitrogens with two attached hydrogens (primary N) is 1. The molecule has 2 rings (SSSR count). The van der Waals surface area contributed by atoms with Crippen LogP contribution < -0.4 is 5.73 Å². The summed E-state index contributed by atoms with van der Waals surface area (Å²) in [7, 11) is 2.16. The second kappa shape index (κ2) is 6.13. The minimum absolute atomic E-state index is 0. The molecule has 2 heterocycles. The van der Waals surface area contributed by atoms with E-state index in [1.165, 1.54) is 19.4 Å². The number of aromatic nitrogens is 2. The van der Waals surface area contributed by atoms with Gasteiger partial charge in [0, 0.05) is 24.4 Å². The highest BCUT2D eigenvalue weighted by molar-refractivity contribution is 5.85. The van der Waals surface area contributed by atoms with Gasteiger partial charge in [-0.05, 0) is 32.5 Å². The fraction of sp³-hybridized carbons (Fsp3) is 0.636. The molecule has 90 valence electrons. The first kappa shape index (κ1) is 13.4. The van der Waals surface area contributed by atoms with Crippen molar-refractivity contribution in [3.05, 3.63) is 23.8 Å². The van der Waals surface area contributed by atoms with Gasteiger partial charge in [0.25, 0.3) is 0 Å². The van der Waals surface area contributed by atoms with Crippen molar-refractivity contribution in [2.24, 2.45) is 5.73 Å². The summed E-state index contributed by atoms with van der Waals surface area (Å²) < 4.78 is 0. The Morgan fingerprint density at radius 2 is 2.38 bits per heavy atom. The van der Waals surface area contributed by atoms with Gasteiger partial charge in [0.05, 0.1) is 6.54 Å². The predicted octanol–water partition coefficient (Wildman–Crippen LogP) is 1.17. The molecule has 1 atom stereocenters. The van der Waals surface area contributed by atoms with Crippen LogP contribution in [0, 0.1) is 0 Å². The number of likely N-dealkylation sites (N-methyl/N-ethyl adjacent to an activating group) is 1. The molecule has 1 aliphatic rings. The third-order valence-electron chi connectivity index (χ3n) is 2.95. The molecule has 5 heteroatoms. The van der Waals surface area contributed by atoms with Gasteiger partial charge in [0.15, 0.2) is 0 Å². The average Bonchev–Trinajstić information content (AvgIpc) is 2.29. The van der Waals surface area contributed by atoms with E-state index in [0.717, 1.165) is 18.1 Å². The van der Waals surface area contributed by atoms with Crippen molar-refractivity contribution >= 4 is 12.4 Å². The number of hydrogen-bond acceptors (Lipinski definition) is 4. The quantitative estimate of drug-likeness (QED) is 0.846. The lowest BCUT2D eigenvalue weighted by Crippen LogP contribution is -2.31. The van der Waals surface area contributed by atoms with E-state index in [0.29, 0.717) is 12.5 Å². The molecular formula is C11H19ClN4. The third-order valence-corrected chi connectivity index (χ3v) is 2.95. The molecule has 1 aromatic heterocycles. The van der Waals surface area contributed by atoms with E-state index < -0.39 is 0 Å². The van der Waals surface area contributed by atoms with E-state index in [1.807, 2.05) is 12.3 Å². The van der Waals surface area contributed by atoms with Crippen molar-refractivity contribution in [1.82, 2.24) is 14.9 Å². The molecule has 0 radical (unpaired) electrons. The van der Waals surface area contributed by atoms with Crippen LogP contribution in [0.3, 0.4) is 0 Å². The zero-order valence-electron chi connectivity index (χ0n) is 9.59. The Kier molecular flexibility index (Phi) is 5.12. The fourth-order valence-corrected chi connectivity index (χ4v) is 2.15. The van der Waals surface area contributed by atoms with Crippen LogP contribution in [-0.2, 0) is 6.54 Å². The van der Waals surface area contributed by atoms with E-state index in [-0.39, 0.29) is 12.4 Å². The van der Waals surface area contributed by atoms with Gasteiger partial charge >= 0.3 is 0 Å². The summed E-state index contributed by atoms with van der Waals surface area (Å²) in [5, 5.41) is 0. The number of hydrogen-bond donors (Lipinski definition) is 1. The van der Waals surface area contributed by atoms with Gasteiger partial charge in [-0.25, -0.2) is 9.97 Å². The van der Waals surface area contributed by atoms with Crippen molar-refractivity contribution in [3.8, 4) is 0 Å². The van der Waals surface area contributed by atoms with Gasteiger partial charge in [-0.3, -0.25) is 0 Å². The van der Waals surface area contributed by atoms with Crippen LogP contribution in [0.25, 0.3) is 0 Å². The molecule has 4 nitrogen and oxygen atoms in total. The van der Waals surface area contributed by atoms with Gasteiger partial charge in [-0.2, -0.15) is 0 Å². The Balaban J connectivity index is 0.00000128. The lowest BCUT2D eigenvalue weighted by Gasteiger charge is -2.29. The third kappa shape index (κ3) is 3.14. The number of halogens is 1. The Hall–Kier alpha value is -0.710. The van der Waals surface area contributed by atoms with Crippen LogP contribution in [0.1, 0.15) is 30.3 Å². The second-order valence-electron chi connectivity index (χ2n) is 4.20. The first-order valence-corrected chi connectivity index (χ1v) is 5.50. The molecule has 2 N–H and O–H groups in total. The smallest absolute Gasteiger partial charge is 0.142 e. The van der Waals surface area contributed by atoms with Crippen LogP contribution in [0.2, 0.25) is 0 Å². The van der Waals surface area contributed by atoms with Crippen LogP contribution in [-0.4, -0.2) is 35.0 Å². The first-order valence-electron chi connectivity index (χ1n) is 5.50. The van der Waals surface area contributed by atoms with Gasteiger partial charge in [-0.1, -0.05) is 0 Å². The number of likely N-dealkylation sites (tertiary alicyclic amines) is 1. The summed E-state index contributed by atoms with van der Waals surface area (Å²) in [6.07, 6.45) is 4.30. The lowest BCUT2D eigenvalue weighted by atomic mass is 9.95. The second-order valence-corrected chi connectivity index (χ2v) is 4.20. The molecule has 0 spiro atoms. The van der Waals surface area contributed by atoms with E-state index in [2.05, 4.69) is 21.9 Å². The van der Waals surface area contributed by atoms with Gasteiger partial charge in [0.1, 0.15) is 5.82 Å². The summed E-state index contributed by atoms with van der Waals surface area (Å²) in [5.41, 5.74) is 6.69. The molecule has 0 bridgehead atoms. The zero-order chi connectivity index (χ0) is 10.7. The molecule has 0 saturated carbocycles. The minimum Gasteiger partial charge on any atom is -0.324 e. The molecule has 0 amide bonds. The van der Waals surface area contributed by atoms with Crippen molar-refractivity contribution in [3.63, 3.8) is 0 Å². The largest absolute Gasteiger partial charge is 0.324 e. The van der Waals surface area contributed by atoms with Gasteiger partial charge in [-0.15, -0.1) is 12.4 Å². The van der Waals surface area contributed by atoms with E-state index in [9.17, 15) is 0 Å². The monoisotopic (exact) mass is 242 g/mol. The molecule has 16 heavy (non-hydrogen) atoms. The molecule has 0 aliphatic carbocycles. The van der Waals surface area contributed by atoms with E-state index in [1.54, 1.807) is 0 Å². The molecule has 1 aromatic rings. The van der Waals surface area contributed by atoms with Crippen molar-refractivity contribution in [2.45, 2.75) is 25.3 Å². The van der Waals surface area contributed by atoms with Gasteiger partial charge in [0.2, 0.25) is 0 Å². The standard InChI is InChI=1S/C11H18N4.ClH/c1-15-6-2-3-9(8-15)10-4-5-13-11(7-12)14-10;/h4-5,9H,2-3,6-8,12H2,1H3;1H.